The van der Waals surface area contributed by atoms with Crippen LogP contribution in [0.5, 0.6) is 0 Å². The van der Waals surface area contributed by atoms with Gasteiger partial charge in [0.15, 0.2) is 0 Å². The number of rotatable bonds is 11. The van der Waals surface area contributed by atoms with Gasteiger partial charge in [-0.3, -0.25) is 4.79 Å². The van der Waals surface area contributed by atoms with E-state index in [1.165, 1.54) is 44.9 Å². The lowest BCUT2D eigenvalue weighted by atomic mass is 10.1. The van der Waals surface area contributed by atoms with Gasteiger partial charge in [-0.2, -0.15) is 0 Å². The second kappa shape index (κ2) is 11.9. The summed E-state index contributed by atoms with van der Waals surface area (Å²) in [6, 6.07) is 0. The van der Waals surface area contributed by atoms with E-state index in [0.29, 0.717) is 0 Å². The van der Waals surface area contributed by atoms with Gasteiger partial charge >= 0.3 is 0 Å². The molecule has 0 fully saturated rings. The lowest BCUT2D eigenvalue weighted by Crippen LogP contribution is -2.33. The van der Waals surface area contributed by atoms with Gasteiger partial charge in [0.1, 0.15) is 6.10 Å². The van der Waals surface area contributed by atoms with E-state index < -0.39 is 0 Å². The predicted octanol–water partition coefficient (Wildman–Crippen LogP) is 3.28. The van der Waals surface area contributed by atoms with E-state index in [0.717, 1.165) is 12.8 Å². The molecule has 1 amide bonds. The van der Waals surface area contributed by atoms with Crippen LogP contribution in [0.4, 0.5) is 0 Å². The average Bonchev–Trinajstić information content (AvgIpc) is 2.36. The lowest BCUT2D eigenvalue weighted by Gasteiger charge is -2.13. The Morgan fingerprint density at radius 1 is 1.06 bits per heavy atom. The summed E-state index contributed by atoms with van der Waals surface area (Å²) in [6.07, 6.45) is 10.9. The zero-order chi connectivity index (χ0) is 12.9. The highest BCUT2D eigenvalue weighted by Crippen LogP contribution is 2.11. The predicted molar refractivity (Wildman–Crippen MR) is 72.1 cm³/mol. The molecule has 102 valence electrons. The van der Waals surface area contributed by atoms with Crippen LogP contribution in [0.3, 0.4) is 0 Å². The highest BCUT2D eigenvalue weighted by atomic mass is 16.5. The third-order valence-electron chi connectivity index (χ3n) is 3.14. The molecule has 0 radical (unpaired) electrons. The first-order valence-corrected chi connectivity index (χ1v) is 7.00. The number of ether oxygens (including phenoxy) is 1. The van der Waals surface area contributed by atoms with Crippen LogP contribution < -0.4 is 5.32 Å². The maximum atomic E-state index is 11.3. The van der Waals surface area contributed by atoms with Crippen LogP contribution in [-0.2, 0) is 9.53 Å². The molecule has 3 nitrogen and oxygen atoms in total. The summed E-state index contributed by atoms with van der Waals surface area (Å²) in [4.78, 5) is 11.3. The van der Waals surface area contributed by atoms with Gasteiger partial charge in [-0.15, -0.1) is 0 Å². The van der Waals surface area contributed by atoms with Crippen molar-refractivity contribution in [2.24, 2.45) is 0 Å². The summed E-state index contributed by atoms with van der Waals surface area (Å²) in [5, 5.41) is 2.63. The Morgan fingerprint density at radius 3 is 2.06 bits per heavy atom. The van der Waals surface area contributed by atoms with Crippen molar-refractivity contribution < 1.29 is 9.53 Å². The van der Waals surface area contributed by atoms with Crippen molar-refractivity contribution in [3.8, 4) is 0 Å². The zero-order valence-corrected chi connectivity index (χ0v) is 11.8. The molecular formula is C14H29NO2. The highest BCUT2D eigenvalue weighted by Gasteiger charge is 2.14. The standard InChI is InChI=1S/C14H29NO2/c1-4-5-6-7-8-9-10-11-12-13(17-3)14(16)15-2/h13H,4-12H2,1-3H3,(H,15,16). The Labute approximate surface area is 106 Å². The third-order valence-corrected chi connectivity index (χ3v) is 3.14. The highest BCUT2D eigenvalue weighted by molar-refractivity contribution is 5.80. The minimum Gasteiger partial charge on any atom is -0.372 e. The van der Waals surface area contributed by atoms with Crippen molar-refractivity contribution in [2.45, 2.75) is 70.8 Å². The van der Waals surface area contributed by atoms with Crippen LogP contribution in [0.25, 0.3) is 0 Å². The molecule has 17 heavy (non-hydrogen) atoms. The summed E-state index contributed by atoms with van der Waals surface area (Å²) in [5.41, 5.74) is 0. The fourth-order valence-electron chi connectivity index (χ4n) is 1.98. The summed E-state index contributed by atoms with van der Waals surface area (Å²) in [5.74, 6) is -0.00422. The van der Waals surface area contributed by atoms with Crippen LogP contribution in [0.15, 0.2) is 0 Å². The lowest BCUT2D eigenvalue weighted by molar-refractivity contribution is -0.130. The summed E-state index contributed by atoms with van der Waals surface area (Å²) >= 11 is 0. The van der Waals surface area contributed by atoms with E-state index in [1.807, 2.05) is 0 Å². The van der Waals surface area contributed by atoms with Crippen molar-refractivity contribution in [1.29, 1.82) is 0 Å². The molecule has 0 spiro atoms. The molecule has 0 aromatic heterocycles. The first-order chi connectivity index (χ1) is 8.26. The summed E-state index contributed by atoms with van der Waals surface area (Å²) in [7, 11) is 3.26. The first-order valence-electron chi connectivity index (χ1n) is 7.00. The molecule has 3 heteroatoms. The molecule has 0 saturated carbocycles. The van der Waals surface area contributed by atoms with Gasteiger partial charge in [-0.25, -0.2) is 0 Å². The molecular weight excluding hydrogens is 214 g/mol. The van der Waals surface area contributed by atoms with Gasteiger partial charge < -0.3 is 10.1 Å². The van der Waals surface area contributed by atoms with Crippen LogP contribution in [-0.4, -0.2) is 26.2 Å². The Bertz CT molecular complexity index is 183. The minimum atomic E-state index is -0.264. The third kappa shape index (κ3) is 9.16. The van der Waals surface area contributed by atoms with Crippen LogP contribution in [0.1, 0.15) is 64.7 Å². The van der Waals surface area contributed by atoms with E-state index in [4.69, 9.17) is 4.74 Å². The zero-order valence-electron chi connectivity index (χ0n) is 11.8. The van der Waals surface area contributed by atoms with Crippen molar-refractivity contribution in [1.82, 2.24) is 5.32 Å². The molecule has 0 aliphatic heterocycles. The maximum Gasteiger partial charge on any atom is 0.248 e. The van der Waals surface area contributed by atoms with Gasteiger partial charge in [0.05, 0.1) is 0 Å². The number of carbonyl (C=O) groups is 1. The largest absolute Gasteiger partial charge is 0.372 e. The first kappa shape index (κ1) is 16.4. The Balaban J connectivity index is 3.34. The monoisotopic (exact) mass is 243 g/mol. The van der Waals surface area contributed by atoms with E-state index in [1.54, 1.807) is 14.2 Å². The Morgan fingerprint density at radius 2 is 1.59 bits per heavy atom. The van der Waals surface area contributed by atoms with Crippen LogP contribution in [0, 0.1) is 0 Å². The number of hydrogen-bond acceptors (Lipinski definition) is 2. The number of nitrogens with one attached hydrogen (secondary N) is 1. The van der Waals surface area contributed by atoms with Crippen molar-refractivity contribution in [3.63, 3.8) is 0 Å². The van der Waals surface area contributed by atoms with Gasteiger partial charge in [0, 0.05) is 14.2 Å². The number of methoxy groups -OCH3 is 1. The molecule has 0 aliphatic rings. The molecule has 0 aliphatic carbocycles. The normalized spacial score (nSPS) is 12.4. The maximum absolute atomic E-state index is 11.3. The Hall–Kier alpha value is -0.570. The minimum absolute atomic E-state index is 0.00422. The fourth-order valence-corrected chi connectivity index (χ4v) is 1.98. The topological polar surface area (TPSA) is 38.3 Å². The Kier molecular flexibility index (Phi) is 11.5. The van der Waals surface area contributed by atoms with Gasteiger partial charge in [-0.05, 0) is 6.42 Å². The molecule has 0 saturated heterocycles. The second-order valence-electron chi connectivity index (χ2n) is 4.60. The average molecular weight is 243 g/mol. The van der Waals surface area contributed by atoms with E-state index in [-0.39, 0.29) is 12.0 Å². The summed E-state index contributed by atoms with van der Waals surface area (Å²) in [6.45, 7) is 2.24. The van der Waals surface area contributed by atoms with Gasteiger partial charge in [0.2, 0.25) is 5.91 Å². The van der Waals surface area contributed by atoms with Crippen molar-refractivity contribution in [3.05, 3.63) is 0 Å². The number of likely N-dealkylation sites (N-methyl/N-ethyl adjacent to an activating group) is 1. The molecule has 0 heterocycles. The molecule has 1 atom stereocenters. The van der Waals surface area contributed by atoms with Crippen LogP contribution >= 0.6 is 0 Å². The van der Waals surface area contributed by atoms with Gasteiger partial charge in [0.25, 0.3) is 0 Å². The van der Waals surface area contributed by atoms with Crippen LogP contribution in [0.2, 0.25) is 0 Å². The number of hydrogen-bond donors (Lipinski definition) is 1. The van der Waals surface area contributed by atoms with Crippen molar-refractivity contribution in [2.75, 3.05) is 14.2 Å². The van der Waals surface area contributed by atoms with E-state index in [9.17, 15) is 4.79 Å². The van der Waals surface area contributed by atoms with E-state index in [2.05, 4.69) is 12.2 Å². The van der Waals surface area contributed by atoms with Gasteiger partial charge in [-0.1, -0.05) is 58.3 Å². The molecule has 0 bridgehead atoms. The van der Waals surface area contributed by atoms with Crippen molar-refractivity contribution >= 4 is 5.91 Å². The van der Waals surface area contributed by atoms with E-state index >= 15 is 0 Å². The molecule has 0 aromatic rings. The number of amides is 1. The second-order valence-corrected chi connectivity index (χ2v) is 4.60. The molecule has 0 aromatic carbocycles. The molecule has 1 unspecified atom stereocenters. The SMILES string of the molecule is CCCCCCCCCCC(OC)C(=O)NC. The molecule has 1 N–H and O–H groups in total. The number of unbranched alkanes of at least 4 members (excludes halogenated alkanes) is 7. The number of carbonyl (C=O) groups excluding carboxylic acids is 1. The summed E-state index contributed by atoms with van der Waals surface area (Å²) < 4.78 is 5.15. The quantitative estimate of drug-likeness (QED) is 0.566. The smallest absolute Gasteiger partial charge is 0.248 e. The molecule has 0 rings (SSSR count). The fraction of sp³-hybridized carbons (Fsp3) is 0.929.